The van der Waals surface area contributed by atoms with Gasteiger partial charge >= 0.3 is 5.97 Å². The third kappa shape index (κ3) is 5.79. The Kier molecular flexibility index (Phi) is 6.80. The largest absolute Gasteiger partial charge is 0.462 e. The first-order chi connectivity index (χ1) is 14.0. The summed E-state index contributed by atoms with van der Waals surface area (Å²) in [4.78, 5) is 42.8. The molecule has 3 aromatic rings. The molecule has 0 aliphatic heterocycles. The number of carbonyl (C=O) groups is 2. The number of H-pyrrole nitrogens is 1. The number of carbonyl (C=O) groups excluding carboxylic acids is 2. The van der Waals surface area contributed by atoms with Crippen molar-refractivity contribution in [3.05, 3.63) is 76.6 Å². The second-order valence-corrected chi connectivity index (χ2v) is 6.90. The lowest BCUT2D eigenvalue weighted by Gasteiger charge is -2.07. The summed E-state index contributed by atoms with van der Waals surface area (Å²) in [5.74, 6) is -0.596. The van der Waals surface area contributed by atoms with Crippen LogP contribution >= 0.6 is 11.8 Å². The van der Waals surface area contributed by atoms with Crippen LogP contribution in [-0.2, 0) is 9.53 Å². The predicted molar refractivity (Wildman–Crippen MR) is 112 cm³/mol. The highest BCUT2D eigenvalue weighted by molar-refractivity contribution is 7.99. The SMILES string of the molecule is CCOC(=O)c1ccc(NC(=O)CSc2nc(-c3ccccc3)cc(=O)[nH]2)cc1. The number of amides is 1. The van der Waals surface area contributed by atoms with Gasteiger partial charge in [0, 0.05) is 17.3 Å². The Labute approximate surface area is 171 Å². The number of hydrogen-bond acceptors (Lipinski definition) is 6. The van der Waals surface area contributed by atoms with Crippen molar-refractivity contribution in [2.75, 3.05) is 17.7 Å². The van der Waals surface area contributed by atoms with Gasteiger partial charge in [0.25, 0.3) is 5.56 Å². The molecule has 0 saturated carbocycles. The van der Waals surface area contributed by atoms with Crippen molar-refractivity contribution in [1.82, 2.24) is 9.97 Å². The Morgan fingerprint density at radius 1 is 1.10 bits per heavy atom. The van der Waals surface area contributed by atoms with Gasteiger partial charge in [-0.15, -0.1) is 0 Å². The summed E-state index contributed by atoms with van der Waals surface area (Å²) >= 11 is 1.13. The Balaban J connectivity index is 1.60. The van der Waals surface area contributed by atoms with Gasteiger partial charge in [-0.05, 0) is 31.2 Å². The molecule has 0 fully saturated rings. The maximum atomic E-state index is 12.2. The molecule has 0 aliphatic rings. The van der Waals surface area contributed by atoms with Crippen molar-refractivity contribution >= 4 is 29.3 Å². The third-order valence-electron chi connectivity index (χ3n) is 3.81. The smallest absolute Gasteiger partial charge is 0.338 e. The van der Waals surface area contributed by atoms with Crippen molar-refractivity contribution in [3.8, 4) is 11.3 Å². The fourth-order valence-electron chi connectivity index (χ4n) is 2.50. The van der Waals surface area contributed by atoms with E-state index in [1.807, 2.05) is 30.3 Å². The predicted octanol–water partition coefficient (Wildman–Crippen LogP) is 3.34. The first-order valence-electron chi connectivity index (χ1n) is 8.92. The number of rotatable bonds is 7. The molecule has 2 N–H and O–H groups in total. The van der Waals surface area contributed by atoms with Crippen molar-refractivity contribution in [2.45, 2.75) is 12.1 Å². The van der Waals surface area contributed by atoms with Crippen molar-refractivity contribution in [2.24, 2.45) is 0 Å². The number of aromatic nitrogens is 2. The van der Waals surface area contributed by atoms with Gasteiger partial charge in [-0.25, -0.2) is 9.78 Å². The Hall–Kier alpha value is -3.39. The number of hydrogen-bond donors (Lipinski definition) is 2. The Morgan fingerprint density at radius 2 is 1.83 bits per heavy atom. The summed E-state index contributed by atoms with van der Waals surface area (Å²) in [5.41, 5.74) is 2.07. The third-order valence-corrected chi connectivity index (χ3v) is 4.68. The number of benzene rings is 2. The van der Waals surface area contributed by atoms with Crippen LogP contribution in [0.5, 0.6) is 0 Å². The number of nitrogens with one attached hydrogen (secondary N) is 2. The highest BCUT2D eigenvalue weighted by Crippen LogP contribution is 2.19. The highest BCUT2D eigenvalue weighted by atomic mass is 32.2. The summed E-state index contributed by atoms with van der Waals surface area (Å²) < 4.78 is 4.92. The van der Waals surface area contributed by atoms with Gasteiger partial charge in [-0.3, -0.25) is 9.59 Å². The van der Waals surface area contributed by atoms with E-state index in [0.29, 0.717) is 28.7 Å². The van der Waals surface area contributed by atoms with Crippen molar-refractivity contribution in [3.63, 3.8) is 0 Å². The maximum Gasteiger partial charge on any atom is 0.338 e. The van der Waals surface area contributed by atoms with E-state index in [-0.39, 0.29) is 17.2 Å². The van der Waals surface area contributed by atoms with Gasteiger partial charge in [-0.2, -0.15) is 0 Å². The normalized spacial score (nSPS) is 10.4. The van der Waals surface area contributed by atoms with E-state index >= 15 is 0 Å². The molecule has 1 aromatic heterocycles. The van der Waals surface area contributed by atoms with Crippen LogP contribution in [0.1, 0.15) is 17.3 Å². The lowest BCUT2D eigenvalue weighted by Crippen LogP contribution is -2.15. The van der Waals surface area contributed by atoms with Crippen molar-refractivity contribution in [1.29, 1.82) is 0 Å². The molecule has 0 aliphatic carbocycles. The molecular formula is C21H19N3O4S. The second-order valence-electron chi connectivity index (χ2n) is 5.94. The number of ether oxygens (including phenoxy) is 1. The number of thioether (sulfide) groups is 1. The number of aromatic amines is 1. The fraction of sp³-hybridized carbons (Fsp3) is 0.143. The number of anilines is 1. The molecule has 0 saturated heterocycles. The summed E-state index contributed by atoms with van der Waals surface area (Å²) in [6.45, 7) is 2.04. The molecule has 1 amide bonds. The monoisotopic (exact) mass is 409 g/mol. The standard InChI is InChI=1S/C21H19N3O4S/c1-2-28-20(27)15-8-10-16(11-9-15)22-19(26)13-29-21-23-17(12-18(25)24-21)14-6-4-3-5-7-14/h3-12H,2,13H2,1H3,(H,22,26)(H,23,24,25). The van der Waals surface area contributed by atoms with Crippen LogP contribution in [0.4, 0.5) is 5.69 Å². The highest BCUT2D eigenvalue weighted by Gasteiger charge is 2.09. The summed E-state index contributed by atoms with van der Waals surface area (Å²) in [7, 11) is 0. The molecule has 0 atom stereocenters. The van der Waals surface area contributed by atoms with Gasteiger partial charge in [0.15, 0.2) is 5.16 Å². The fourth-order valence-corrected chi connectivity index (χ4v) is 3.17. The topological polar surface area (TPSA) is 101 Å². The quantitative estimate of drug-likeness (QED) is 0.353. The van der Waals surface area contributed by atoms with E-state index in [4.69, 9.17) is 4.74 Å². The summed E-state index contributed by atoms with van der Waals surface area (Å²) in [6.07, 6.45) is 0. The van der Waals surface area contributed by atoms with E-state index in [1.165, 1.54) is 6.07 Å². The molecule has 7 nitrogen and oxygen atoms in total. The molecule has 0 spiro atoms. The average Bonchev–Trinajstić information content (AvgIpc) is 2.73. The van der Waals surface area contributed by atoms with E-state index in [1.54, 1.807) is 31.2 Å². The molecule has 0 bridgehead atoms. The molecule has 0 unspecified atom stereocenters. The van der Waals surface area contributed by atoms with Crippen LogP contribution in [0.3, 0.4) is 0 Å². The van der Waals surface area contributed by atoms with Gasteiger partial charge < -0.3 is 15.0 Å². The number of nitrogens with zero attached hydrogens (tertiary/aromatic N) is 1. The second kappa shape index (κ2) is 9.70. The van der Waals surface area contributed by atoms with E-state index < -0.39 is 5.97 Å². The minimum atomic E-state index is -0.408. The Bertz CT molecular complexity index is 1050. The molecule has 1 heterocycles. The van der Waals surface area contributed by atoms with Gasteiger partial charge in [0.1, 0.15) is 0 Å². The molecule has 3 rings (SSSR count). The minimum absolute atomic E-state index is 0.0702. The molecule has 29 heavy (non-hydrogen) atoms. The zero-order valence-electron chi connectivity index (χ0n) is 15.7. The van der Waals surface area contributed by atoms with Crippen LogP contribution in [0, 0.1) is 0 Å². The van der Waals surface area contributed by atoms with Crippen LogP contribution in [0.25, 0.3) is 11.3 Å². The molecule has 8 heteroatoms. The lowest BCUT2D eigenvalue weighted by atomic mass is 10.1. The maximum absolute atomic E-state index is 12.2. The van der Waals surface area contributed by atoms with Crippen molar-refractivity contribution < 1.29 is 14.3 Å². The number of esters is 1. The van der Waals surface area contributed by atoms with E-state index in [2.05, 4.69) is 15.3 Å². The molecular weight excluding hydrogens is 390 g/mol. The zero-order chi connectivity index (χ0) is 20.6. The average molecular weight is 409 g/mol. The zero-order valence-corrected chi connectivity index (χ0v) is 16.5. The van der Waals surface area contributed by atoms with Crippen LogP contribution < -0.4 is 10.9 Å². The van der Waals surface area contributed by atoms with Crippen LogP contribution in [-0.4, -0.2) is 34.2 Å². The first-order valence-corrected chi connectivity index (χ1v) is 9.90. The lowest BCUT2D eigenvalue weighted by molar-refractivity contribution is -0.113. The molecule has 0 radical (unpaired) electrons. The van der Waals surface area contributed by atoms with Crippen LogP contribution in [0.2, 0.25) is 0 Å². The van der Waals surface area contributed by atoms with Gasteiger partial charge in [0.05, 0.1) is 23.6 Å². The van der Waals surface area contributed by atoms with Gasteiger partial charge in [0.2, 0.25) is 5.91 Å². The first kappa shape index (κ1) is 20.3. The summed E-state index contributed by atoms with van der Waals surface area (Å²) in [6, 6.07) is 17.2. The van der Waals surface area contributed by atoms with Crippen LogP contribution in [0.15, 0.2) is 70.6 Å². The van der Waals surface area contributed by atoms with E-state index in [0.717, 1.165) is 17.3 Å². The summed E-state index contributed by atoms with van der Waals surface area (Å²) in [5, 5.41) is 3.10. The van der Waals surface area contributed by atoms with E-state index in [9.17, 15) is 14.4 Å². The van der Waals surface area contributed by atoms with Gasteiger partial charge in [-0.1, -0.05) is 42.1 Å². The molecule has 2 aromatic carbocycles. The molecule has 148 valence electrons. The minimum Gasteiger partial charge on any atom is -0.462 e. The Morgan fingerprint density at radius 3 is 2.52 bits per heavy atom.